The number of carbonyl (C=O) groups excluding carboxylic acids is 1. The molecule has 0 atom stereocenters. The molecule has 0 spiro atoms. The Morgan fingerprint density at radius 2 is 1.96 bits per heavy atom. The Hall–Kier alpha value is -2.15. The number of methoxy groups -OCH3 is 1. The summed E-state index contributed by atoms with van der Waals surface area (Å²) in [4.78, 5) is 19.7. The Kier molecular flexibility index (Phi) is 6.54. The van der Waals surface area contributed by atoms with Gasteiger partial charge in [0.05, 0.1) is 22.7 Å². The number of hydrogen-bond acceptors (Lipinski definition) is 5. The molecule has 28 heavy (non-hydrogen) atoms. The van der Waals surface area contributed by atoms with Crippen LogP contribution < -0.4 is 4.74 Å². The van der Waals surface area contributed by atoms with Crippen LogP contribution in [0.4, 0.5) is 5.69 Å². The third-order valence-electron chi connectivity index (χ3n) is 3.96. The second kappa shape index (κ2) is 8.90. The van der Waals surface area contributed by atoms with Crippen LogP contribution in [0, 0.1) is 0 Å². The number of nitrogens with zero attached hydrogens (tertiary/aromatic N) is 2. The molecule has 1 amide bonds. The molecule has 1 aliphatic heterocycles. The average Bonchev–Trinajstić information content (AvgIpc) is 2.95. The maximum atomic E-state index is 12.9. The van der Waals surface area contributed by atoms with E-state index in [9.17, 15) is 9.90 Å². The van der Waals surface area contributed by atoms with Gasteiger partial charge in [-0.3, -0.25) is 9.69 Å². The second-order valence-corrected chi connectivity index (χ2v) is 7.84. The number of halogens is 2. The van der Waals surface area contributed by atoms with E-state index in [0.717, 1.165) is 12.1 Å². The SMILES string of the molecule is CCCN1C(=O)/C(=C/c2cc(Cl)c(O)c(OC)c2)SC1=Nc1ccc(Cl)cc1. The number of phenols is 1. The number of amides is 1. The summed E-state index contributed by atoms with van der Waals surface area (Å²) < 4.78 is 5.13. The lowest BCUT2D eigenvalue weighted by Crippen LogP contribution is -2.29. The Balaban J connectivity index is 1.97. The molecule has 1 saturated heterocycles. The van der Waals surface area contributed by atoms with Crippen molar-refractivity contribution in [2.24, 2.45) is 4.99 Å². The van der Waals surface area contributed by atoms with Crippen LogP contribution in [-0.4, -0.2) is 34.7 Å². The summed E-state index contributed by atoms with van der Waals surface area (Å²) in [6, 6.07) is 10.3. The van der Waals surface area contributed by atoms with Crippen molar-refractivity contribution in [1.29, 1.82) is 0 Å². The molecule has 5 nitrogen and oxygen atoms in total. The van der Waals surface area contributed by atoms with Crippen LogP contribution in [-0.2, 0) is 4.79 Å². The summed E-state index contributed by atoms with van der Waals surface area (Å²) in [5, 5.41) is 11.3. The fourth-order valence-electron chi connectivity index (χ4n) is 2.62. The van der Waals surface area contributed by atoms with Gasteiger partial charge in [0.25, 0.3) is 5.91 Å². The van der Waals surface area contributed by atoms with E-state index in [1.165, 1.54) is 18.9 Å². The van der Waals surface area contributed by atoms with E-state index in [1.807, 2.05) is 6.92 Å². The Morgan fingerprint density at radius 1 is 1.25 bits per heavy atom. The van der Waals surface area contributed by atoms with Crippen LogP contribution in [0.5, 0.6) is 11.5 Å². The summed E-state index contributed by atoms with van der Waals surface area (Å²) in [6.07, 6.45) is 2.52. The first kappa shape index (κ1) is 20.6. The molecule has 0 aromatic heterocycles. The fraction of sp³-hybridized carbons (Fsp3) is 0.200. The first-order chi connectivity index (χ1) is 13.4. The van der Waals surface area contributed by atoms with Crippen molar-refractivity contribution >= 4 is 57.8 Å². The maximum absolute atomic E-state index is 12.9. The molecule has 146 valence electrons. The van der Waals surface area contributed by atoms with Crippen LogP contribution in [0.15, 0.2) is 46.3 Å². The molecule has 0 radical (unpaired) electrons. The molecule has 2 aromatic carbocycles. The topological polar surface area (TPSA) is 62.1 Å². The zero-order valence-corrected chi connectivity index (χ0v) is 17.6. The third-order valence-corrected chi connectivity index (χ3v) is 5.50. The van der Waals surface area contributed by atoms with Crippen LogP contribution in [0.2, 0.25) is 10.0 Å². The van der Waals surface area contributed by atoms with Gasteiger partial charge < -0.3 is 9.84 Å². The maximum Gasteiger partial charge on any atom is 0.266 e. The fourth-order valence-corrected chi connectivity index (χ4v) is 3.99. The molecule has 0 unspecified atom stereocenters. The highest BCUT2D eigenvalue weighted by Crippen LogP contribution is 2.38. The summed E-state index contributed by atoms with van der Waals surface area (Å²) >= 11 is 13.3. The van der Waals surface area contributed by atoms with Crippen molar-refractivity contribution in [3.05, 3.63) is 56.9 Å². The van der Waals surface area contributed by atoms with Crippen LogP contribution in [0.25, 0.3) is 6.08 Å². The zero-order chi connectivity index (χ0) is 20.3. The van der Waals surface area contributed by atoms with Gasteiger partial charge in [-0.2, -0.15) is 0 Å². The molecule has 1 N–H and O–H groups in total. The molecule has 1 heterocycles. The van der Waals surface area contributed by atoms with Crippen molar-refractivity contribution in [3.63, 3.8) is 0 Å². The minimum Gasteiger partial charge on any atom is -0.503 e. The molecule has 2 aromatic rings. The van der Waals surface area contributed by atoms with Gasteiger partial charge >= 0.3 is 0 Å². The van der Waals surface area contributed by atoms with E-state index >= 15 is 0 Å². The van der Waals surface area contributed by atoms with Crippen molar-refractivity contribution in [3.8, 4) is 11.5 Å². The predicted molar refractivity (Wildman–Crippen MR) is 116 cm³/mol. The number of aromatic hydroxyl groups is 1. The minimum atomic E-state index is -0.130. The zero-order valence-electron chi connectivity index (χ0n) is 15.3. The standard InChI is InChI=1S/C20H18Cl2N2O3S/c1-3-8-24-19(26)17(11-12-9-15(22)18(25)16(10-12)27-2)28-20(24)23-14-6-4-13(21)5-7-14/h4-7,9-11,25H,3,8H2,1-2H3/b17-11-,23-20?. The Morgan fingerprint density at radius 3 is 2.61 bits per heavy atom. The van der Waals surface area contributed by atoms with E-state index in [0.29, 0.717) is 27.2 Å². The molecular weight excluding hydrogens is 419 g/mol. The van der Waals surface area contributed by atoms with Crippen LogP contribution >= 0.6 is 35.0 Å². The number of thioether (sulfide) groups is 1. The number of amidine groups is 1. The molecule has 0 aliphatic carbocycles. The lowest BCUT2D eigenvalue weighted by Gasteiger charge is -2.13. The minimum absolute atomic E-state index is 0.122. The van der Waals surface area contributed by atoms with Gasteiger partial charge in [-0.1, -0.05) is 30.1 Å². The highest BCUT2D eigenvalue weighted by Gasteiger charge is 2.32. The molecule has 1 aliphatic rings. The van der Waals surface area contributed by atoms with Crippen LogP contribution in [0.3, 0.4) is 0 Å². The lowest BCUT2D eigenvalue weighted by molar-refractivity contribution is -0.122. The molecule has 0 saturated carbocycles. The summed E-state index contributed by atoms with van der Waals surface area (Å²) in [7, 11) is 1.44. The molecule has 0 bridgehead atoms. The van der Waals surface area contributed by atoms with E-state index in [-0.39, 0.29) is 22.4 Å². The summed E-state index contributed by atoms with van der Waals surface area (Å²) in [5.41, 5.74) is 1.37. The summed E-state index contributed by atoms with van der Waals surface area (Å²) in [6.45, 7) is 2.57. The van der Waals surface area contributed by atoms with E-state index in [4.69, 9.17) is 27.9 Å². The predicted octanol–water partition coefficient (Wildman–Crippen LogP) is 5.72. The van der Waals surface area contributed by atoms with E-state index < -0.39 is 0 Å². The quantitative estimate of drug-likeness (QED) is 0.608. The number of aliphatic imine (C=N–C) groups is 1. The van der Waals surface area contributed by atoms with Gasteiger partial charge in [0.2, 0.25) is 0 Å². The molecule has 8 heteroatoms. The third kappa shape index (κ3) is 4.46. The van der Waals surface area contributed by atoms with E-state index in [2.05, 4.69) is 4.99 Å². The van der Waals surface area contributed by atoms with Gasteiger partial charge in [0, 0.05) is 11.6 Å². The molecule has 1 fully saturated rings. The lowest BCUT2D eigenvalue weighted by atomic mass is 10.2. The number of ether oxygens (including phenoxy) is 1. The summed E-state index contributed by atoms with van der Waals surface area (Å²) in [5.74, 6) is -0.00712. The van der Waals surface area contributed by atoms with Crippen molar-refractivity contribution in [1.82, 2.24) is 4.90 Å². The smallest absolute Gasteiger partial charge is 0.266 e. The number of rotatable bonds is 5. The first-order valence-corrected chi connectivity index (χ1v) is 10.1. The number of carbonyl (C=O) groups is 1. The van der Waals surface area contributed by atoms with Gasteiger partial charge in [-0.25, -0.2) is 4.99 Å². The van der Waals surface area contributed by atoms with Gasteiger partial charge in [-0.15, -0.1) is 0 Å². The van der Waals surface area contributed by atoms with Gasteiger partial charge in [-0.05, 0) is 66.2 Å². The Labute approximate surface area is 177 Å². The molecule has 3 rings (SSSR count). The highest BCUT2D eigenvalue weighted by atomic mass is 35.5. The van der Waals surface area contributed by atoms with E-state index in [1.54, 1.807) is 47.4 Å². The number of hydrogen-bond donors (Lipinski definition) is 1. The van der Waals surface area contributed by atoms with Gasteiger partial charge in [0.1, 0.15) is 0 Å². The monoisotopic (exact) mass is 436 g/mol. The van der Waals surface area contributed by atoms with Crippen molar-refractivity contribution in [2.75, 3.05) is 13.7 Å². The highest BCUT2D eigenvalue weighted by molar-refractivity contribution is 8.18. The average molecular weight is 437 g/mol. The van der Waals surface area contributed by atoms with Crippen molar-refractivity contribution < 1.29 is 14.6 Å². The van der Waals surface area contributed by atoms with Crippen LogP contribution in [0.1, 0.15) is 18.9 Å². The largest absolute Gasteiger partial charge is 0.503 e. The Bertz CT molecular complexity index is 959. The normalized spacial score (nSPS) is 17.0. The first-order valence-electron chi connectivity index (χ1n) is 8.55. The number of phenolic OH excluding ortho intramolecular Hbond substituents is 1. The second-order valence-electron chi connectivity index (χ2n) is 5.99. The van der Waals surface area contributed by atoms with Crippen molar-refractivity contribution in [2.45, 2.75) is 13.3 Å². The van der Waals surface area contributed by atoms with Gasteiger partial charge in [0.15, 0.2) is 16.7 Å². The number of benzene rings is 2. The molecular formula is C20H18Cl2N2O3S.